The van der Waals surface area contributed by atoms with Crippen LogP contribution in [0.3, 0.4) is 0 Å². The molecule has 0 saturated heterocycles. The first-order valence-corrected chi connectivity index (χ1v) is 10.7. The number of hydrogen-bond acceptors (Lipinski definition) is 8. The molecule has 8 N–H and O–H groups in total. The lowest BCUT2D eigenvalue weighted by Crippen LogP contribution is -1.98. The largest absolute Gasteiger partial charge is 0.508 e. The van der Waals surface area contributed by atoms with E-state index in [4.69, 9.17) is 0 Å². The second kappa shape index (κ2) is 9.26. The Bertz CT molecular complexity index is 1390. The maximum Gasteiger partial charge on any atom is 0.126 e. The molecule has 0 saturated carbocycles. The zero-order chi connectivity index (χ0) is 25.3. The van der Waals surface area contributed by atoms with Gasteiger partial charge in [0.2, 0.25) is 0 Å². The summed E-state index contributed by atoms with van der Waals surface area (Å²) in [5.74, 6) is -1.59. The van der Waals surface area contributed by atoms with Crippen LogP contribution in [0.1, 0.15) is 33.4 Å². The number of phenolic OH excluding ortho intramolecular Hbond substituents is 8. The standard InChI is InChI=1S/C27H24O8/c28-17-7-4-14(25(33)13-17)10-19-23(31)9-6-16(27(19)35)12-20-24(32)8-5-15(26(20)34)11-18-21(29)2-1-3-22(18)30/h1-9,13,28-35H,10-12H2. The Morgan fingerprint density at radius 2 is 0.829 bits per heavy atom. The van der Waals surface area contributed by atoms with Crippen LogP contribution in [0.2, 0.25) is 0 Å². The van der Waals surface area contributed by atoms with Gasteiger partial charge in [0.05, 0.1) is 0 Å². The molecule has 0 fully saturated rings. The fraction of sp³-hybridized carbons (Fsp3) is 0.111. The van der Waals surface area contributed by atoms with Crippen LogP contribution >= 0.6 is 0 Å². The van der Waals surface area contributed by atoms with Gasteiger partial charge in [-0.3, -0.25) is 0 Å². The Morgan fingerprint density at radius 1 is 0.400 bits per heavy atom. The van der Waals surface area contributed by atoms with Crippen LogP contribution in [-0.2, 0) is 19.3 Å². The first kappa shape index (κ1) is 23.4. The predicted octanol–water partition coefficient (Wildman–Crippen LogP) is 4.10. The zero-order valence-corrected chi connectivity index (χ0v) is 18.5. The molecule has 4 rings (SSSR count). The smallest absolute Gasteiger partial charge is 0.126 e. The van der Waals surface area contributed by atoms with E-state index >= 15 is 0 Å². The highest BCUT2D eigenvalue weighted by Crippen LogP contribution is 2.40. The van der Waals surface area contributed by atoms with Gasteiger partial charge in [0.15, 0.2) is 0 Å². The van der Waals surface area contributed by atoms with Gasteiger partial charge in [-0.2, -0.15) is 0 Å². The number of phenols is 8. The Balaban J connectivity index is 1.69. The van der Waals surface area contributed by atoms with Crippen LogP contribution in [0, 0.1) is 0 Å². The maximum absolute atomic E-state index is 10.9. The molecular weight excluding hydrogens is 452 g/mol. The van der Waals surface area contributed by atoms with Crippen LogP contribution in [0.4, 0.5) is 0 Å². The van der Waals surface area contributed by atoms with Crippen molar-refractivity contribution in [2.24, 2.45) is 0 Å². The van der Waals surface area contributed by atoms with Gasteiger partial charge in [-0.15, -0.1) is 0 Å². The SMILES string of the molecule is Oc1ccc(Cc2c(O)ccc(Cc3c(O)ccc(Cc4c(O)cccc4O)c3O)c2O)c(O)c1. The summed E-state index contributed by atoms with van der Waals surface area (Å²) in [6.45, 7) is 0. The van der Waals surface area contributed by atoms with E-state index in [9.17, 15) is 40.9 Å². The molecule has 0 amide bonds. The molecule has 35 heavy (non-hydrogen) atoms. The summed E-state index contributed by atoms with van der Waals surface area (Å²) in [6.07, 6.45) is -0.147. The fourth-order valence-electron chi connectivity index (χ4n) is 4.00. The van der Waals surface area contributed by atoms with E-state index in [0.29, 0.717) is 16.7 Å². The lowest BCUT2D eigenvalue weighted by atomic mass is 9.93. The minimum atomic E-state index is -0.278. The molecule has 8 heteroatoms. The molecule has 180 valence electrons. The third kappa shape index (κ3) is 4.67. The molecule has 0 spiro atoms. The second-order valence-corrected chi connectivity index (χ2v) is 8.26. The minimum absolute atomic E-state index is 0.00937. The quantitative estimate of drug-likeness (QED) is 0.206. The summed E-state index contributed by atoms with van der Waals surface area (Å²) >= 11 is 0. The van der Waals surface area contributed by atoms with Crippen molar-refractivity contribution in [3.05, 3.63) is 94.0 Å². The van der Waals surface area contributed by atoms with Gasteiger partial charge >= 0.3 is 0 Å². The molecule has 0 aliphatic carbocycles. The minimum Gasteiger partial charge on any atom is -0.508 e. The molecule has 0 radical (unpaired) electrons. The second-order valence-electron chi connectivity index (χ2n) is 8.26. The van der Waals surface area contributed by atoms with E-state index in [1.807, 2.05) is 0 Å². The van der Waals surface area contributed by atoms with Gasteiger partial charge in [0.25, 0.3) is 0 Å². The van der Waals surface area contributed by atoms with Crippen LogP contribution in [0.5, 0.6) is 46.0 Å². The number of benzene rings is 4. The molecule has 8 nitrogen and oxygen atoms in total. The molecule has 0 unspecified atom stereocenters. The monoisotopic (exact) mass is 476 g/mol. The molecule has 4 aromatic rings. The first-order chi connectivity index (χ1) is 16.7. The summed E-state index contributed by atoms with van der Waals surface area (Å²) in [4.78, 5) is 0. The van der Waals surface area contributed by atoms with E-state index in [1.54, 1.807) is 0 Å². The van der Waals surface area contributed by atoms with Crippen molar-refractivity contribution in [3.63, 3.8) is 0 Å². The Hall–Kier alpha value is -4.72. The average Bonchev–Trinajstić information content (AvgIpc) is 2.80. The first-order valence-electron chi connectivity index (χ1n) is 10.7. The van der Waals surface area contributed by atoms with E-state index in [0.717, 1.165) is 6.07 Å². The molecule has 0 heterocycles. The third-order valence-corrected chi connectivity index (χ3v) is 5.98. The number of hydrogen-bond donors (Lipinski definition) is 8. The maximum atomic E-state index is 10.9. The Kier molecular flexibility index (Phi) is 6.20. The van der Waals surface area contributed by atoms with E-state index in [1.165, 1.54) is 54.6 Å². The van der Waals surface area contributed by atoms with E-state index in [-0.39, 0.29) is 81.9 Å². The molecule has 0 atom stereocenters. The zero-order valence-electron chi connectivity index (χ0n) is 18.5. The molecule has 0 aromatic heterocycles. The molecule has 0 aliphatic rings. The highest BCUT2D eigenvalue weighted by atomic mass is 16.3. The molecule has 4 aromatic carbocycles. The Morgan fingerprint density at radius 3 is 1.34 bits per heavy atom. The summed E-state index contributed by atoms with van der Waals surface area (Å²) in [5.41, 5.74) is 1.43. The fourth-order valence-corrected chi connectivity index (χ4v) is 4.00. The van der Waals surface area contributed by atoms with Crippen molar-refractivity contribution in [2.75, 3.05) is 0 Å². The summed E-state index contributed by atoms with van der Waals surface area (Å²) in [7, 11) is 0. The highest BCUT2D eigenvalue weighted by Gasteiger charge is 2.20. The van der Waals surface area contributed by atoms with Gasteiger partial charge < -0.3 is 40.9 Å². The van der Waals surface area contributed by atoms with Gasteiger partial charge in [-0.1, -0.05) is 24.3 Å². The highest BCUT2D eigenvalue weighted by molar-refractivity contribution is 5.58. The summed E-state index contributed by atoms with van der Waals surface area (Å²) in [6, 6.07) is 13.9. The van der Waals surface area contributed by atoms with Crippen molar-refractivity contribution in [1.82, 2.24) is 0 Å². The molecule has 0 bridgehead atoms. The Labute approximate surface area is 200 Å². The number of aromatic hydroxyl groups is 8. The summed E-state index contributed by atoms with van der Waals surface area (Å²) in [5, 5.41) is 82.2. The van der Waals surface area contributed by atoms with Crippen LogP contribution in [-0.4, -0.2) is 40.9 Å². The van der Waals surface area contributed by atoms with Crippen molar-refractivity contribution in [2.45, 2.75) is 19.3 Å². The van der Waals surface area contributed by atoms with Crippen molar-refractivity contribution < 1.29 is 40.9 Å². The molecule has 0 aliphatic heterocycles. The lowest BCUT2D eigenvalue weighted by molar-refractivity contribution is 0.428. The van der Waals surface area contributed by atoms with Gasteiger partial charge in [-0.05, 0) is 47.0 Å². The van der Waals surface area contributed by atoms with Crippen LogP contribution in [0.25, 0.3) is 0 Å². The van der Waals surface area contributed by atoms with Gasteiger partial charge in [-0.25, -0.2) is 0 Å². The van der Waals surface area contributed by atoms with Gasteiger partial charge in [0, 0.05) is 42.0 Å². The average molecular weight is 476 g/mol. The summed E-state index contributed by atoms with van der Waals surface area (Å²) < 4.78 is 0. The van der Waals surface area contributed by atoms with Gasteiger partial charge in [0.1, 0.15) is 46.0 Å². The van der Waals surface area contributed by atoms with E-state index in [2.05, 4.69) is 0 Å². The predicted molar refractivity (Wildman–Crippen MR) is 128 cm³/mol. The van der Waals surface area contributed by atoms with Crippen LogP contribution < -0.4 is 0 Å². The third-order valence-electron chi connectivity index (χ3n) is 5.98. The van der Waals surface area contributed by atoms with E-state index < -0.39 is 0 Å². The van der Waals surface area contributed by atoms with Crippen molar-refractivity contribution in [1.29, 1.82) is 0 Å². The topological polar surface area (TPSA) is 162 Å². The van der Waals surface area contributed by atoms with Crippen molar-refractivity contribution in [3.8, 4) is 46.0 Å². The lowest BCUT2D eigenvalue weighted by Gasteiger charge is -2.16. The normalized spacial score (nSPS) is 11.0. The number of rotatable bonds is 6. The molecular formula is C27H24O8. The van der Waals surface area contributed by atoms with Crippen LogP contribution in [0.15, 0.2) is 60.7 Å². The van der Waals surface area contributed by atoms with Crippen molar-refractivity contribution >= 4 is 0 Å².